The maximum atomic E-state index is 13.3. The molecule has 9 heteroatoms. The van der Waals surface area contributed by atoms with E-state index in [9.17, 15) is 19.5 Å². The number of fused-ring (bicyclic) bond motifs is 7. The van der Waals surface area contributed by atoms with E-state index >= 15 is 0 Å². The van der Waals surface area contributed by atoms with Gasteiger partial charge in [0, 0.05) is 11.8 Å². The molecule has 0 saturated heterocycles. The number of nitrogens with zero attached hydrogens (tertiary/aromatic N) is 3. The molecule has 4 fully saturated rings. The number of hydrogen-bond donors (Lipinski definition) is 1. The van der Waals surface area contributed by atoms with Crippen molar-refractivity contribution in [3.8, 4) is 0 Å². The molecule has 1 aromatic heterocycles. The summed E-state index contributed by atoms with van der Waals surface area (Å²) in [5, 5.41) is 18.2. The van der Waals surface area contributed by atoms with Crippen LogP contribution in [0.15, 0.2) is 17.8 Å². The number of ether oxygens (including phenoxy) is 2. The molecule has 0 amide bonds. The fraction of sp³-hybridized carbons (Fsp3) is 0.825. The first-order valence-electron chi connectivity index (χ1n) is 19.1. The standard InChI is InChI=1S/C40H61N3O6/c1-9-10-33(46)48-25-26-23-43(42-41-26)24-34(47)49-31-14-15-37(6)29(36(31,4)5)13-16-39(8)30(37)12-11-27-28-21-35(2,3)17-19-40(28,22-32(44)45)20-18-38(27,39)7/h11,23,28-31H,9-10,12-22,24-25H2,1-8H3,(H,44,45)/t28-,29?,30-,31+,37+,38-,39-,40-/m1/s1. The summed E-state index contributed by atoms with van der Waals surface area (Å²) in [5.41, 5.74) is 2.33. The molecule has 1 N–H and O–H groups in total. The molecule has 1 aromatic rings. The van der Waals surface area contributed by atoms with Gasteiger partial charge in [0.15, 0.2) is 0 Å². The van der Waals surface area contributed by atoms with Gasteiger partial charge in [-0.05, 0) is 115 Å². The Morgan fingerprint density at radius 1 is 0.939 bits per heavy atom. The molecule has 1 unspecified atom stereocenters. The van der Waals surface area contributed by atoms with E-state index in [-0.39, 0.29) is 63.7 Å². The quantitative estimate of drug-likeness (QED) is 0.204. The molecule has 9 nitrogen and oxygen atoms in total. The predicted molar refractivity (Wildman–Crippen MR) is 186 cm³/mol. The summed E-state index contributed by atoms with van der Waals surface area (Å²) >= 11 is 0. The zero-order chi connectivity index (χ0) is 35.6. The molecular weight excluding hydrogens is 618 g/mol. The molecule has 6 rings (SSSR count). The molecule has 0 aliphatic heterocycles. The van der Waals surface area contributed by atoms with Gasteiger partial charge in [0.1, 0.15) is 24.9 Å². The SMILES string of the molecule is CCCC(=O)OCc1cn(CC(=O)O[C@H]2CC[C@@]3(C)C(CC[C@]4(C)[C@@H]3CC=C3[C@H]5CC(C)(C)CC[C@]5(CC(=O)O)CC[C@]34C)C2(C)C)nn1. The highest BCUT2D eigenvalue weighted by Gasteiger charge is 2.68. The lowest BCUT2D eigenvalue weighted by atomic mass is 9.33. The Morgan fingerprint density at radius 3 is 2.39 bits per heavy atom. The zero-order valence-electron chi connectivity index (χ0n) is 31.4. The molecule has 0 aromatic carbocycles. The van der Waals surface area contributed by atoms with E-state index in [0.717, 1.165) is 70.6 Å². The molecule has 49 heavy (non-hydrogen) atoms. The van der Waals surface area contributed by atoms with Gasteiger partial charge in [-0.25, -0.2) is 4.68 Å². The van der Waals surface area contributed by atoms with Gasteiger partial charge in [0.2, 0.25) is 0 Å². The maximum absolute atomic E-state index is 13.3. The Kier molecular flexibility index (Phi) is 9.21. The molecule has 5 aliphatic rings. The highest BCUT2D eigenvalue weighted by Crippen LogP contribution is 2.76. The first kappa shape index (κ1) is 36.1. The van der Waals surface area contributed by atoms with Crippen molar-refractivity contribution in [2.24, 2.45) is 50.2 Å². The van der Waals surface area contributed by atoms with E-state index < -0.39 is 5.97 Å². The van der Waals surface area contributed by atoms with Gasteiger partial charge in [0.05, 0.1) is 12.6 Å². The van der Waals surface area contributed by atoms with Crippen molar-refractivity contribution in [2.75, 3.05) is 0 Å². The summed E-state index contributed by atoms with van der Waals surface area (Å²) in [7, 11) is 0. The summed E-state index contributed by atoms with van der Waals surface area (Å²) in [6.07, 6.45) is 15.9. The minimum Gasteiger partial charge on any atom is -0.481 e. The molecule has 1 heterocycles. The van der Waals surface area contributed by atoms with Crippen LogP contribution in [0.25, 0.3) is 0 Å². The smallest absolute Gasteiger partial charge is 0.328 e. The third-order valence-corrected chi connectivity index (χ3v) is 15.2. The third-order valence-electron chi connectivity index (χ3n) is 15.2. The molecule has 5 aliphatic carbocycles. The van der Waals surface area contributed by atoms with Crippen molar-refractivity contribution in [2.45, 2.75) is 158 Å². The van der Waals surface area contributed by atoms with Crippen LogP contribution >= 0.6 is 0 Å². The van der Waals surface area contributed by atoms with Crippen molar-refractivity contribution in [1.29, 1.82) is 0 Å². The number of aromatic nitrogens is 3. The summed E-state index contributed by atoms with van der Waals surface area (Å²) in [6, 6.07) is 0. The molecule has 272 valence electrons. The highest BCUT2D eigenvalue weighted by atomic mass is 16.5. The predicted octanol–water partition coefficient (Wildman–Crippen LogP) is 8.31. The zero-order valence-corrected chi connectivity index (χ0v) is 31.4. The van der Waals surface area contributed by atoms with Gasteiger partial charge in [-0.1, -0.05) is 72.3 Å². The number of carbonyl (C=O) groups is 3. The van der Waals surface area contributed by atoms with Gasteiger partial charge < -0.3 is 14.6 Å². The number of esters is 2. The van der Waals surface area contributed by atoms with E-state index in [0.29, 0.717) is 36.3 Å². The van der Waals surface area contributed by atoms with Crippen molar-refractivity contribution < 1.29 is 29.0 Å². The first-order chi connectivity index (χ1) is 22.9. The maximum Gasteiger partial charge on any atom is 0.328 e. The van der Waals surface area contributed by atoms with Crippen molar-refractivity contribution in [3.05, 3.63) is 23.5 Å². The summed E-state index contributed by atoms with van der Waals surface area (Å²) in [4.78, 5) is 37.2. The second-order valence-corrected chi connectivity index (χ2v) is 18.8. The van der Waals surface area contributed by atoms with Crippen LogP contribution in [-0.4, -0.2) is 44.1 Å². The Hall–Kier alpha value is -2.71. The van der Waals surface area contributed by atoms with Crippen molar-refractivity contribution in [1.82, 2.24) is 15.0 Å². The number of hydrogen-bond acceptors (Lipinski definition) is 7. The second kappa shape index (κ2) is 12.5. The Bertz CT molecular complexity index is 1500. The minimum atomic E-state index is -0.641. The number of aliphatic carboxylic acids is 1. The Balaban J connectivity index is 1.18. The Labute approximate surface area is 293 Å². The largest absolute Gasteiger partial charge is 0.481 e. The number of carboxylic acid groups (broad SMARTS) is 1. The van der Waals surface area contributed by atoms with Gasteiger partial charge >= 0.3 is 17.9 Å². The normalized spacial score (nSPS) is 38.9. The minimum absolute atomic E-state index is 0.0294. The fourth-order valence-electron chi connectivity index (χ4n) is 12.4. The van der Waals surface area contributed by atoms with E-state index in [1.54, 1.807) is 11.8 Å². The molecule has 4 saturated carbocycles. The number of carbonyl (C=O) groups excluding carboxylic acids is 2. The topological polar surface area (TPSA) is 121 Å². The number of allylic oxidation sites excluding steroid dienone is 2. The van der Waals surface area contributed by atoms with Crippen molar-refractivity contribution >= 4 is 17.9 Å². The van der Waals surface area contributed by atoms with Gasteiger partial charge in [-0.15, -0.1) is 5.10 Å². The molecule has 0 spiro atoms. The van der Waals surface area contributed by atoms with Crippen LogP contribution in [0, 0.1) is 50.2 Å². The molecular formula is C40H61N3O6. The summed E-state index contributed by atoms with van der Waals surface area (Å²) in [6.45, 7) is 19.0. The first-order valence-corrected chi connectivity index (χ1v) is 19.1. The summed E-state index contributed by atoms with van der Waals surface area (Å²) in [5.74, 6) is 0.0570. The lowest BCUT2D eigenvalue weighted by molar-refractivity contribution is -0.213. The average Bonchev–Trinajstić information content (AvgIpc) is 3.45. The number of carboxylic acids is 1. The molecule has 8 atom stereocenters. The molecule has 0 radical (unpaired) electrons. The van der Waals surface area contributed by atoms with Crippen LogP contribution in [0.4, 0.5) is 0 Å². The lowest BCUT2D eigenvalue weighted by Gasteiger charge is -2.71. The monoisotopic (exact) mass is 679 g/mol. The van der Waals surface area contributed by atoms with Crippen LogP contribution in [0.5, 0.6) is 0 Å². The lowest BCUT2D eigenvalue weighted by Crippen LogP contribution is -2.65. The van der Waals surface area contributed by atoms with E-state index in [1.165, 1.54) is 4.68 Å². The van der Waals surface area contributed by atoms with Gasteiger partial charge in [0.25, 0.3) is 0 Å². The van der Waals surface area contributed by atoms with Gasteiger partial charge in [-0.2, -0.15) is 0 Å². The summed E-state index contributed by atoms with van der Waals surface area (Å²) < 4.78 is 13.0. The number of rotatable bonds is 9. The van der Waals surface area contributed by atoms with Crippen LogP contribution in [0.1, 0.15) is 145 Å². The fourth-order valence-corrected chi connectivity index (χ4v) is 12.4. The van der Waals surface area contributed by atoms with Gasteiger partial charge in [-0.3, -0.25) is 14.4 Å². The van der Waals surface area contributed by atoms with E-state index in [1.807, 2.05) is 6.92 Å². The van der Waals surface area contributed by atoms with E-state index in [2.05, 4.69) is 64.9 Å². The molecule has 0 bridgehead atoms. The van der Waals surface area contributed by atoms with Crippen LogP contribution < -0.4 is 0 Å². The third kappa shape index (κ3) is 6.07. The Morgan fingerprint density at radius 2 is 1.67 bits per heavy atom. The van der Waals surface area contributed by atoms with Crippen LogP contribution in [0.3, 0.4) is 0 Å². The van der Waals surface area contributed by atoms with E-state index in [4.69, 9.17) is 9.47 Å². The van der Waals surface area contributed by atoms with Crippen molar-refractivity contribution in [3.63, 3.8) is 0 Å². The van der Waals surface area contributed by atoms with Crippen LogP contribution in [0.2, 0.25) is 0 Å². The second-order valence-electron chi connectivity index (χ2n) is 18.8. The highest BCUT2D eigenvalue weighted by molar-refractivity contribution is 5.70. The van der Waals surface area contributed by atoms with Crippen LogP contribution in [-0.2, 0) is 37.0 Å². The average molecular weight is 680 g/mol.